The lowest BCUT2D eigenvalue weighted by molar-refractivity contribution is -0.137. The highest BCUT2D eigenvalue weighted by Gasteiger charge is 2.49. The van der Waals surface area contributed by atoms with Gasteiger partial charge in [0.2, 0.25) is 0 Å². The van der Waals surface area contributed by atoms with Crippen LogP contribution in [-0.2, 0) is 15.7 Å². The number of anilines is 1. The monoisotopic (exact) mass is 459 g/mol. The minimum absolute atomic E-state index is 0.0408. The molecular weight excluding hydrogens is 439 g/mol. The molecule has 2 N–H and O–H groups in total. The van der Waals surface area contributed by atoms with Gasteiger partial charge in [-0.05, 0) is 18.2 Å². The van der Waals surface area contributed by atoms with Crippen LogP contribution >= 0.6 is 0 Å². The fraction of sp³-hybridized carbons (Fsp3) is 0.318. The highest BCUT2D eigenvalue weighted by molar-refractivity contribution is 5.89. The Kier molecular flexibility index (Phi) is 5.51. The number of nitrogens with one attached hydrogen (secondary N) is 2. The molecule has 5 rings (SSSR count). The summed E-state index contributed by atoms with van der Waals surface area (Å²) in [6, 6.07) is 12.8. The molecular formula is C22H20F3N5O3. The van der Waals surface area contributed by atoms with Crippen LogP contribution in [0.4, 0.5) is 23.7 Å². The summed E-state index contributed by atoms with van der Waals surface area (Å²) in [5, 5.41) is 13.6. The molecule has 3 heterocycles. The zero-order chi connectivity index (χ0) is 23.0. The first-order valence-electron chi connectivity index (χ1n) is 10.3. The Bertz CT molecular complexity index is 1140. The van der Waals surface area contributed by atoms with Crippen LogP contribution in [0.2, 0.25) is 0 Å². The van der Waals surface area contributed by atoms with Crippen molar-refractivity contribution in [3.63, 3.8) is 0 Å². The van der Waals surface area contributed by atoms with Crippen molar-refractivity contribution in [2.24, 2.45) is 0 Å². The van der Waals surface area contributed by atoms with E-state index in [0.717, 1.165) is 23.4 Å². The third-order valence-corrected chi connectivity index (χ3v) is 5.71. The molecule has 2 fully saturated rings. The van der Waals surface area contributed by atoms with Gasteiger partial charge in [-0.25, -0.2) is 9.48 Å². The van der Waals surface area contributed by atoms with E-state index < -0.39 is 29.9 Å². The fourth-order valence-corrected chi connectivity index (χ4v) is 4.12. The molecule has 0 spiro atoms. The van der Waals surface area contributed by atoms with E-state index >= 15 is 0 Å². The van der Waals surface area contributed by atoms with Crippen molar-refractivity contribution >= 4 is 11.7 Å². The van der Waals surface area contributed by atoms with Crippen molar-refractivity contribution in [1.82, 2.24) is 20.3 Å². The van der Waals surface area contributed by atoms with E-state index in [4.69, 9.17) is 9.47 Å². The maximum Gasteiger partial charge on any atom is 0.416 e. The van der Waals surface area contributed by atoms with Crippen molar-refractivity contribution in [1.29, 1.82) is 0 Å². The molecule has 0 radical (unpaired) electrons. The number of hydrogen-bond donors (Lipinski definition) is 2. The van der Waals surface area contributed by atoms with Gasteiger partial charge >= 0.3 is 12.2 Å². The van der Waals surface area contributed by atoms with Gasteiger partial charge in [0.25, 0.3) is 0 Å². The lowest BCUT2D eigenvalue weighted by Gasteiger charge is -2.18. The molecule has 172 valence electrons. The average molecular weight is 459 g/mol. The predicted octanol–water partition coefficient (Wildman–Crippen LogP) is 3.49. The number of carbonyl (C=O) groups is 1. The normalized spacial score (nSPS) is 24.5. The van der Waals surface area contributed by atoms with Gasteiger partial charge in [-0.3, -0.25) is 0 Å². The summed E-state index contributed by atoms with van der Waals surface area (Å²) in [6.45, 7) is 0.544. The maximum absolute atomic E-state index is 12.9. The Morgan fingerprint density at radius 2 is 1.82 bits per heavy atom. The number of fused-ring (bicyclic) bond motifs is 1. The molecule has 11 heteroatoms. The molecule has 8 nitrogen and oxygen atoms in total. The molecule has 2 amide bonds. The van der Waals surface area contributed by atoms with Gasteiger partial charge in [0.05, 0.1) is 31.0 Å². The highest BCUT2D eigenvalue weighted by atomic mass is 19.4. The van der Waals surface area contributed by atoms with E-state index in [-0.39, 0.29) is 24.4 Å². The van der Waals surface area contributed by atoms with Crippen LogP contribution in [0.25, 0.3) is 11.3 Å². The molecule has 3 aromatic rings. The van der Waals surface area contributed by atoms with Crippen molar-refractivity contribution in [2.45, 2.75) is 30.5 Å². The number of ether oxygens (including phenoxy) is 2. The summed E-state index contributed by atoms with van der Waals surface area (Å²) >= 11 is 0. The molecule has 33 heavy (non-hydrogen) atoms. The average Bonchev–Trinajstić information content (AvgIpc) is 3.52. The lowest BCUT2D eigenvalue weighted by atomic mass is 10.1. The first-order chi connectivity index (χ1) is 15.9. The number of hydrogen-bond acceptors (Lipinski definition) is 5. The Balaban J connectivity index is 1.21. The van der Waals surface area contributed by atoms with Crippen molar-refractivity contribution in [2.75, 3.05) is 18.5 Å². The first-order valence-corrected chi connectivity index (χ1v) is 10.3. The van der Waals surface area contributed by atoms with Crippen molar-refractivity contribution < 1.29 is 27.4 Å². The maximum atomic E-state index is 12.9. The zero-order valence-electron chi connectivity index (χ0n) is 17.2. The number of amides is 2. The van der Waals surface area contributed by atoms with E-state index in [0.29, 0.717) is 6.61 Å². The minimum Gasteiger partial charge on any atom is -0.371 e. The van der Waals surface area contributed by atoms with Gasteiger partial charge in [-0.15, -0.1) is 5.10 Å². The number of halogens is 3. The molecule has 0 aliphatic carbocycles. The molecule has 2 aromatic carbocycles. The number of aromatic nitrogens is 3. The van der Waals surface area contributed by atoms with Gasteiger partial charge < -0.3 is 20.1 Å². The summed E-state index contributed by atoms with van der Waals surface area (Å²) < 4.78 is 52.1. The van der Waals surface area contributed by atoms with Crippen LogP contribution in [0, 0.1) is 0 Å². The molecule has 4 atom stereocenters. The van der Waals surface area contributed by atoms with Crippen LogP contribution in [0.15, 0.2) is 60.8 Å². The molecule has 2 aliphatic rings. The second-order valence-electron chi connectivity index (χ2n) is 7.90. The van der Waals surface area contributed by atoms with Crippen LogP contribution in [0.3, 0.4) is 0 Å². The van der Waals surface area contributed by atoms with Gasteiger partial charge in [0.1, 0.15) is 23.9 Å². The van der Waals surface area contributed by atoms with E-state index in [2.05, 4.69) is 20.9 Å². The summed E-state index contributed by atoms with van der Waals surface area (Å²) in [5.41, 5.74) is 0.873. The van der Waals surface area contributed by atoms with Crippen molar-refractivity contribution in [3.8, 4) is 11.3 Å². The largest absolute Gasteiger partial charge is 0.416 e. The molecule has 0 unspecified atom stereocenters. The van der Waals surface area contributed by atoms with E-state index in [1.807, 2.05) is 36.5 Å². The van der Waals surface area contributed by atoms with Crippen LogP contribution < -0.4 is 10.6 Å². The smallest absolute Gasteiger partial charge is 0.371 e. The highest BCUT2D eigenvalue weighted by Crippen LogP contribution is 2.35. The van der Waals surface area contributed by atoms with Gasteiger partial charge in [-0.1, -0.05) is 41.6 Å². The Labute approximate surface area is 186 Å². The second-order valence-corrected chi connectivity index (χ2v) is 7.90. The van der Waals surface area contributed by atoms with Crippen LogP contribution in [0.1, 0.15) is 11.6 Å². The fourth-order valence-electron chi connectivity index (χ4n) is 4.12. The van der Waals surface area contributed by atoms with E-state index in [9.17, 15) is 18.0 Å². The van der Waals surface area contributed by atoms with Crippen LogP contribution in [0.5, 0.6) is 0 Å². The molecule has 2 aliphatic heterocycles. The SMILES string of the molecule is O=C(Nc1cccc(C(F)(F)F)c1)N[C@H]1CO[C@H]2[C@@H]1OC[C@@H]2n1cc(-c2ccccc2)nn1. The molecule has 2 saturated heterocycles. The standard InChI is InChI=1S/C22H20F3N5O3/c23-22(24,25)14-7-4-8-15(9-14)26-21(31)27-17-11-32-20-18(12-33-19(17)20)30-10-16(28-29-30)13-5-2-1-3-6-13/h1-10,17-20H,11-12H2,(H2,26,27,31)/t17-,18-,19+,20+/m0/s1. The Morgan fingerprint density at radius 3 is 2.61 bits per heavy atom. The second kappa shape index (κ2) is 8.49. The third-order valence-electron chi connectivity index (χ3n) is 5.71. The van der Waals surface area contributed by atoms with Gasteiger partial charge in [0, 0.05) is 11.3 Å². The van der Waals surface area contributed by atoms with Gasteiger partial charge in [-0.2, -0.15) is 13.2 Å². The number of rotatable bonds is 4. The predicted molar refractivity (Wildman–Crippen MR) is 111 cm³/mol. The van der Waals surface area contributed by atoms with Crippen LogP contribution in [-0.4, -0.2) is 52.5 Å². The summed E-state index contributed by atoms with van der Waals surface area (Å²) in [5.74, 6) is 0. The zero-order valence-corrected chi connectivity index (χ0v) is 17.2. The Morgan fingerprint density at radius 1 is 1.03 bits per heavy atom. The molecule has 1 aromatic heterocycles. The minimum atomic E-state index is -4.49. The number of carbonyl (C=O) groups excluding carboxylic acids is 1. The summed E-state index contributed by atoms with van der Waals surface area (Å²) in [4.78, 5) is 12.4. The number of benzene rings is 2. The summed E-state index contributed by atoms with van der Waals surface area (Å²) in [6.07, 6.45) is -3.41. The summed E-state index contributed by atoms with van der Waals surface area (Å²) in [7, 11) is 0. The Hall–Kier alpha value is -3.44. The quantitative estimate of drug-likeness (QED) is 0.624. The van der Waals surface area contributed by atoms with Gasteiger partial charge in [0.15, 0.2) is 0 Å². The number of urea groups is 1. The first kappa shape index (κ1) is 21.4. The topological polar surface area (TPSA) is 90.3 Å². The molecule has 0 bridgehead atoms. The lowest BCUT2D eigenvalue weighted by Crippen LogP contribution is -2.45. The number of nitrogens with zero attached hydrogens (tertiary/aromatic N) is 3. The van der Waals surface area contributed by atoms with Crippen molar-refractivity contribution in [3.05, 3.63) is 66.4 Å². The van der Waals surface area contributed by atoms with E-state index in [1.165, 1.54) is 12.1 Å². The van der Waals surface area contributed by atoms with E-state index in [1.54, 1.807) is 4.68 Å². The molecule has 0 saturated carbocycles. The third kappa shape index (κ3) is 4.41. The number of alkyl halides is 3.